The maximum absolute atomic E-state index is 11.9. The molecule has 1 aliphatic carbocycles. The van der Waals surface area contributed by atoms with Gasteiger partial charge in [-0.25, -0.2) is 0 Å². The standard InChI is InChI=1S/C16H31NO3/c1-6-19-15(18)16(4,17-5)7-8-20-14-10-12(2)9-13(3)11-14/h12-14,17H,6-11H2,1-5H3. The fraction of sp³-hybridized carbons (Fsp3) is 0.938. The summed E-state index contributed by atoms with van der Waals surface area (Å²) in [5.41, 5.74) is -0.651. The maximum atomic E-state index is 11.9. The normalized spacial score (nSPS) is 29.8. The van der Waals surface area contributed by atoms with Crippen LogP contribution in [0.5, 0.6) is 0 Å². The molecule has 0 amide bonds. The van der Waals surface area contributed by atoms with Gasteiger partial charge < -0.3 is 14.8 Å². The monoisotopic (exact) mass is 285 g/mol. The minimum atomic E-state index is -0.651. The van der Waals surface area contributed by atoms with E-state index in [1.165, 1.54) is 6.42 Å². The zero-order chi connectivity index (χ0) is 15.2. The van der Waals surface area contributed by atoms with Gasteiger partial charge in [-0.05, 0) is 58.4 Å². The summed E-state index contributed by atoms with van der Waals surface area (Å²) in [6.07, 6.45) is 4.57. The Labute approximate surface area is 123 Å². The van der Waals surface area contributed by atoms with Crippen LogP contribution in [0, 0.1) is 11.8 Å². The Morgan fingerprint density at radius 2 is 1.85 bits per heavy atom. The van der Waals surface area contributed by atoms with Crippen molar-refractivity contribution < 1.29 is 14.3 Å². The first-order valence-corrected chi connectivity index (χ1v) is 7.89. The van der Waals surface area contributed by atoms with Crippen LogP contribution in [0.15, 0.2) is 0 Å². The first-order valence-electron chi connectivity index (χ1n) is 7.89. The van der Waals surface area contributed by atoms with Crippen molar-refractivity contribution in [2.75, 3.05) is 20.3 Å². The molecular weight excluding hydrogens is 254 g/mol. The molecule has 1 aliphatic rings. The van der Waals surface area contributed by atoms with Gasteiger partial charge in [0, 0.05) is 6.61 Å². The number of likely N-dealkylation sites (N-methyl/N-ethyl adjacent to an activating group) is 1. The van der Waals surface area contributed by atoms with Crippen LogP contribution in [0.3, 0.4) is 0 Å². The molecule has 1 saturated carbocycles. The lowest BCUT2D eigenvalue weighted by Crippen LogP contribution is -2.49. The quantitative estimate of drug-likeness (QED) is 0.731. The summed E-state index contributed by atoms with van der Waals surface area (Å²) >= 11 is 0. The number of nitrogens with one attached hydrogen (secondary N) is 1. The minimum Gasteiger partial charge on any atom is -0.465 e. The lowest BCUT2D eigenvalue weighted by atomic mass is 9.82. The Morgan fingerprint density at radius 3 is 2.35 bits per heavy atom. The van der Waals surface area contributed by atoms with Gasteiger partial charge in [0.1, 0.15) is 5.54 Å². The predicted octanol–water partition coefficient (Wildman–Crippen LogP) is 2.76. The number of ether oxygens (including phenoxy) is 2. The van der Waals surface area contributed by atoms with Crippen LogP contribution >= 0.6 is 0 Å². The summed E-state index contributed by atoms with van der Waals surface area (Å²) in [6.45, 7) is 9.30. The van der Waals surface area contributed by atoms with E-state index in [9.17, 15) is 4.79 Å². The maximum Gasteiger partial charge on any atom is 0.326 e. The topological polar surface area (TPSA) is 47.6 Å². The SMILES string of the molecule is CCOC(=O)C(C)(CCOC1CC(C)CC(C)C1)NC. The van der Waals surface area contributed by atoms with Crippen LogP contribution < -0.4 is 5.32 Å². The highest BCUT2D eigenvalue weighted by atomic mass is 16.5. The fourth-order valence-corrected chi connectivity index (χ4v) is 3.06. The Kier molecular flexibility index (Phi) is 6.96. The van der Waals surface area contributed by atoms with Gasteiger partial charge in [-0.2, -0.15) is 0 Å². The third-order valence-electron chi connectivity index (χ3n) is 4.37. The molecule has 4 heteroatoms. The van der Waals surface area contributed by atoms with Crippen LogP contribution in [0.25, 0.3) is 0 Å². The Morgan fingerprint density at radius 1 is 1.25 bits per heavy atom. The van der Waals surface area contributed by atoms with Crippen molar-refractivity contribution in [1.82, 2.24) is 5.32 Å². The van der Waals surface area contributed by atoms with Gasteiger partial charge in [0.05, 0.1) is 12.7 Å². The Hall–Kier alpha value is -0.610. The zero-order valence-corrected chi connectivity index (χ0v) is 13.7. The van der Waals surface area contributed by atoms with E-state index in [4.69, 9.17) is 9.47 Å². The van der Waals surface area contributed by atoms with E-state index in [2.05, 4.69) is 19.2 Å². The van der Waals surface area contributed by atoms with Crippen molar-refractivity contribution in [3.05, 3.63) is 0 Å². The second-order valence-electron chi connectivity index (χ2n) is 6.46. The molecule has 0 aromatic rings. The third kappa shape index (κ3) is 5.06. The van der Waals surface area contributed by atoms with Crippen molar-refractivity contribution in [2.45, 2.75) is 65.0 Å². The summed E-state index contributed by atoms with van der Waals surface area (Å²) in [5.74, 6) is 1.28. The van der Waals surface area contributed by atoms with E-state index in [1.54, 1.807) is 7.05 Å². The van der Waals surface area contributed by atoms with Crippen molar-refractivity contribution >= 4 is 5.97 Å². The molecule has 0 aromatic carbocycles. The highest BCUT2D eigenvalue weighted by Gasteiger charge is 2.33. The van der Waals surface area contributed by atoms with Crippen LogP contribution in [-0.2, 0) is 14.3 Å². The molecule has 4 nitrogen and oxygen atoms in total. The van der Waals surface area contributed by atoms with Crippen LogP contribution in [-0.4, -0.2) is 37.9 Å². The van der Waals surface area contributed by atoms with Crippen molar-refractivity contribution in [3.8, 4) is 0 Å². The van der Waals surface area contributed by atoms with Gasteiger partial charge >= 0.3 is 5.97 Å². The van der Waals surface area contributed by atoms with Gasteiger partial charge in [0.25, 0.3) is 0 Å². The zero-order valence-electron chi connectivity index (χ0n) is 13.7. The molecule has 0 aliphatic heterocycles. The molecule has 20 heavy (non-hydrogen) atoms. The van der Waals surface area contributed by atoms with Crippen LogP contribution in [0.1, 0.15) is 53.4 Å². The summed E-state index contributed by atoms with van der Waals surface area (Å²) in [4.78, 5) is 11.9. The molecule has 0 aromatic heterocycles. The average molecular weight is 285 g/mol. The predicted molar refractivity (Wildman–Crippen MR) is 80.6 cm³/mol. The highest BCUT2D eigenvalue weighted by molar-refractivity contribution is 5.80. The second-order valence-corrected chi connectivity index (χ2v) is 6.46. The van der Waals surface area contributed by atoms with E-state index in [0.717, 1.165) is 24.7 Å². The molecule has 1 rings (SSSR count). The molecule has 0 radical (unpaired) electrons. The molecule has 0 saturated heterocycles. The van der Waals surface area contributed by atoms with Crippen LogP contribution in [0.4, 0.5) is 0 Å². The Balaban J connectivity index is 2.39. The van der Waals surface area contributed by atoms with E-state index in [-0.39, 0.29) is 5.97 Å². The highest BCUT2D eigenvalue weighted by Crippen LogP contribution is 2.30. The molecule has 1 N–H and O–H groups in total. The summed E-state index contributed by atoms with van der Waals surface area (Å²) in [7, 11) is 1.79. The van der Waals surface area contributed by atoms with Gasteiger partial charge in [-0.3, -0.25) is 4.79 Å². The van der Waals surface area contributed by atoms with Gasteiger partial charge in [-0.1, -0.05) is 13.8 Å². The summed E-state index contributed by atoms with van der Waals surface area (Å²) in [5, 5.41) is 3.06. The molecule has 0 bridgehead atoms. The first-order chi connectivity index (χ1) is 9.41. The molecule has 118 valence electrons. The second kappa shape index (κ2) is 7.99. The largest absolute Gasteiger partial charge is 0.465 e. The van der Waals surface area contributed by atoms with E-state index >= 15 is 0 Å². The molecule has 1 fully saturated rings. The lowest BCUT2D eigenvalue weighted by molar-refractivity contribution is -0.151. The van der Waals surface area contributed by atoms with Crippen molar-refractivity contribution in [2.24, 2.45) is 11.8 Å². The molecule has 3 atom stereocenters. The van der Waals surface area contributed by atoms with Gasteiger partial charge in [-0.15, -0.1) is 0 Å². The first kappa shape index (κ1) is 17.4. The molecule has 0 heterocycles. The number of carbonyl (C=O) groups excluding carboxylic acids is 1. The number of hydrogen-bond donors (Lipinski definition) is 1. The van der Waals surface area contributed by atoms with Crippen LogP contribution in [0.2, 0.25) is 0 Å². The average Bonchev–Trinajstić information content (AvgIpc) is 2.37. The van der Waals surface area contributed by atoms with E-state index < -0.39 is 5.54 Å². The lowest BCUT2D eigenvalue weighted by Gasteiger charge is -2.32. The van der Waals surface area contributed by atoms with Crippen molar-refractivity contribution in [3.63, 3.8) is 0 Å². The van der Waals surface area contributed by atoms with E-state index in [1.807, 2.05) is 13.8 Å². The smallest absolute Gasteiger partial charge is 0.326 e. The molecule has 0 spiro atoms. The number of esters is 1. The molecular formula is C16H31NO3. The minimum absolute atomic E-state index is 0.198. The summed E-state index contributed by atoms with van der Waals surface area (Å²) in [6, 6.07) is 0. The number of hydrogen-bond acceptors (Lipinski definition) is 4. The fourth-order valence-electron chi connectivity index (χ4n) is 3.06. The third-order valence-corrected chi connectivity index (χ3v) is 4.37. The number of carbonyl (C=O) groups is 1. The van der Waals surface area contributed by atoms with E-state index in [0.29, 0.717) is 25.7 Å². The van der Waals surface area contributed by atoms with Crippen molar-refractivity contribution in [1.29, 1.82) is 0 Å². The Bertz CT molecular complexity index is 298. The molecule has 3 unspecified atom stereocenters. The summed E-state index contributed by atoms with van der Waals surface area (Å²) < 4.78 is 11.1. The van der Waals surface area contributed by atoms with Gasteiger partial charge in [0.15, 0.2) is 0 Å². The number of rotatable bonds is 7. The van der Waals surface area contributed by atoms with Gasteiger partial charge in [0.2, 0.25) is 0 Å².